The highest BCUT2D eigenvalue weighted by molar-refractivity contribution is 5.87. The summed E-state index contributed by atoms with van der Waals surface area (Å²) in [7, 11) is 0. The maximum atomic E-state index is 13.3. The molecule has 0 saturated carbocycles. The summed E-state index contributed by atoms with van der Waals surface area (Å²) in [6, 6.07) is 13.1. The van der Waals surface area contributed by atoms with Crippen LogP contribution in [0, 0.1) is 25.1 Å². The van der Waals surface area contributed by atoms with E-state index in [4.69, 9.17) is 14.5 Å². The number of fused-ring (bicyclic) bond motifs is 1. The lowest BCUT2D eigenvalue weighted by Crippen LogP contribution is -2.38. The number of halogens is 1. The average Bonchev–Trinajstić information content (AvgIpc) is 2.91. The topological polar surface area (TPSA) is 51.7 Å². The molecule has 0 spiro atoms. The van der Waals surface area contributed by atoms with E-state index >= 15 is 0 Å². The fraction of sp³-hybridized carbons (Fsp3) is 0.486. The number of aromatic nitrogens is 1. The Morgan fingerprint density at radius 1 is 1.10 bits per heavy atom. The number of piperidine rings is 1. The SMILES string of the molecule is Cc1nc(C)c(-c2ccc3c(c2)CCC(Cc2ccc(F)cc2)O3)c(N2CCC(C)(C)CC2)c1CC(=O)OC(C)C. The zero-order valence-electron chi connectivity index (χ0n) is 25.4. The lowest BCUT2D eigenvalue weighted by Gasteiger charge is -2.40. The minimum absolute atomic E-state index is 0.0624. The van der Waals surface area contributed by atoms with Crippen LogP contribution in [0.2, 0.25) is 0 Å². The second-order valence-electron chi connectivity index (χ2n) is 12.8. The van der Waals surface area contributed by atoms with Gasteiger partial charge in [0.15, 0.2) is 0 Å². The Bertz CT molecular complexity index is 1400. The van der Waals surface area contributed by atoms with Crippen LogP contribution in [0.5, 0.6) is 5.75 Å². The summed E-state index contributed by atoms with van der Waals surface area (Å²) >= 11 is 0. The summed E-state index contributed by atoms with van der Waals surface area (Å²) in [6.07, 6.45) is 4.87. The van der Waals surface area contributed by atoms with Crippen LogP contribution in [-0.4, -0.2) is 36.3 Å². The van der Waals surface area contributed by atoms with E-state index in [2.05, 4.69) is 43.9 Å². The molecule has 0 amide bonds. The van der Waals surface area contributed by atoms with Crippen molar-refractivity contribution >= 4 is 11.7 Å². The molecular formula is C35H43FN2O3. The van der Waals surface area contributed by atoms with E-state index < -0.39 is 0 Å². The van der Waals surface area contributed by atoms with Gasteiger partial charge in [0.05, 0.1) is 18.2 Å². The van der Waals surface area contributed by atoms with Crippen LogP contribution < -0.4 is 9.64 Å². The van der Waals surface area contributed by atoms with Crippen LogP contribution in [0.3, 0.4) is 0 Å². The van der Waals surface area contributed by atoms with E-state index in [-0.39, 0.29) is 30.4 Å². The van der Waals surface area contributed by atoms with Gasteiger partial charge < -0.3 is 14.4 Å². The van der Waals surface area contributed by atoms with E-state index in [1.54, 1.807) is 0 Å². The molecule has 2 aromatic carbocycles. The van der Waals surface area contributed by atoms with Crippen LogP contribution in [0.4, 0.5) is 10.1 Å². The van der Waals surface area contributed by atoms with Gasteiger partial charge in [-0.05, 0) is 99.7 Å². The predicted molar refractivity (Wildman–Crippen MR) is 162 cm³/mol. The molecule has 5 nitrogen and oxygen atoms in total. The van der Waals surface area contributed by atoms with Crippen molar-refractivity contribution in [2.24, 2.45) is 5.41 Å². The van der Waals surface area contributed by atoms with Gasteiger partial charge in [0.2, 0.25) is 0 Å². The highest BCUT2D eigenvalue weighted by Gasteiger charge is 2.31. The molecule has 6 heteroatoms. The van der Waals surface area contributed by atoms with Gasteiger partial charge in [-0.1, -0.05) is 32.0 Å². The van der Waals surface area contributed by atoms with Crippen molar-refractivity contribution in [3.63, 3.8) is 0 Å². The smallest absolute Gasteiger partial charge is 0.310 e. The molecule has 5 rings (SSSR count). The van der Waals surface area contributed by atoms with Crippen molar-refractivity contribution in [1.82, 2.24) is 4.98 Å². The predicted octanol–water partition coefficient (Wildman–Crippen LogP) is 7.56. The molecule has 0 N–H and O–H groups in total. The molecule has 1 unspecified atom stereocenters. The van der Waals surface area contributed by atoms with Crippen LogP contribution in [0.15, 0.2) is 42.5 Å². The fourth-order valence-corrected chi connectivity index (χ4v) is 6.19. The Labute approximate surface area is 244 Å². The van der Waals surface area contributed by atoms with E-state index in [1.807, 2.05) is 32.9 Å². The zero-order chi connectivity index (χ0) is 29.3. The first kappa shape index (κ1) is 29.1. The number of esters is 1. The van der Waals surface area contributed by atoms with Gasteiger partial charge in [-0.2, -0.15) is 0 Å². The number of ether oxygens (including phenoxy) is 2. The Balaban J connectivity index is 1.49. The molecule has 1 atom stereocenters. The number of hydrogen-bond donors (Lipinski definition) is 0. The van der Waals surface area contributed by atoms with Crippen LogP contribution in [-0.2, 0) is 28.8 Å². The van der Waals surface area contributed by atoms with E-state index in [1.165, 1.54) is 17.7 Å². The number of anilines is 1. The Morgan fingerprint density at radius 3 is 2.49 bits per heavy atom. The van der Waals surface area contributed by atoms with Crippen molar-refractivity contribution in [2.75, 3.05) is 18.0 Å². The van der Waals surface area contributed by atoms with Crippen molar-refractivity contribution in [3.05, 3.63) is 76.4 Å². The number of aryl methyl sites for hydroxylation is 3. The van der Waals surface area contributed by atoms with Gasteiger partial charge in [-0.25, -0.2) is 4.39 Å². The van der Waals surface area contributed by atoms with Crippen molar-refractivity contribution in [1.29, 1.82) is 0 Å². The molecule has 2 aliphatic rings. The first-order valence-corrected chi connectivity index (χ1v) is 15.0. The maximum absolute atomic E-state index is 13.3. The summed E-state index contributed by atoms with van der Waals surface area (Å²) in [5.74, 6) is 0.473. The number of benzene rings is 2. The Morgan fingerprint density at radius 2 is 1.80 bits per heavy atom. The van der Waals surface area contributed by atoms with Gasteiger partial charge in [0, 0.05) is 42.0 Å². The Kier molecular flexibility index (Phi) is 8.40. The number of carbonyl (C=O) groups is 1. The summed E-state index contributed by atoms with van der Waals surface area (Å²) in [5.41, 5.74) is 8.71. The molecule has 1 saturated heterocycles. The first-order valence-electron chi connectivity index (χ1n) is 15.0. The third kappa shape index (κ3) is 6.74. The van der Waals surface area contributed by atoms with E-state index in [0.29, 0.717) is 5.41 Å². The molecule has 3 aromatic rings. The molecule has 0 aliphatic carbocycles. The van der Waals surface area contributed by atoms with Gasteiger partial charge in [0.25, 0.3) is 0 Å². The molecular weight excluding hydrogens is 515 g/mol. The monoisotopic (exact) mass is 558 g/mol. The molecule has 218 valence electrons. The summed E-state index contributed by atoms with van der Waals surface area (Å²) in [5, 5.41) is 0. The third-order valence-corrected chi connectivity index (χ3v) is 8.53. The molecule has 1 fully saturated rings. The van der Waals surface area contributed by atoms with Crippen molar-refractivity contribution in [2.45, 2.75) is 92.3 Å². The lowest BCUT2D eigenvalue weighted by molar-refractivity contribution is -0.146. The maximum Gasteiger partial charge on any atom is 0.310 e. The van der Waals surface area contributed by atoms with Gasteiger partial charge in [-0.15, -0.1) is 0 Å². The van der Waals surface area contributed by atoms with E-state index in [9.17, 15) is 9.18 Å². The average molecular weight is 559 g/mol. The zero-order valence-corrected chi connectivity index (χ0v) is 25.4. The summed E-state index contributed by atoms with van der Waals surface area (Å²) in [6.45, 7) is 14.4. The molecule has 41 heavy (non-hydrogen) atoms. The largest absolute Gasteiger partial charge is 0.490 e. The van der Waals surface area contributed by atoms with Gasteiger partial charge in [0.1, 0.15) is 17.7 Å². The van der Waals surface area contributed by atoms with Crippen molar-refractivity contribution < 1.29 is 18.7 Å². The second kappa shape index (κ2) is 11.8. The quantitative estimate of drug-likeness (QED) is 0.280. The van der Waals surface area contributed by atoms with Crippen LogP contribution in [0.1, 0.15) is 75.0 Å². The van der Waals surface area contributed by atoms with Crippen LogP contribution in [0.25, 0.3) is 11.1 Å². The number of pyridine rings is 1. The number of nitrogens with zero attached hydrogens (tertiary/aromatic N) is 2. The lowest BCUT2D eigenvalue weighted by atomic mass is 9.82. The highest BCUT2D eigenvalue weighted by Crippen LogP contribution is 2.43. The standard InChI is InChI=1S/C35H43FN2O3/c1-22(2)40-32(39)21-30-23(3)37-24(4)33(34(30)38-17-15-35(5,6)16-18-38)27-10-14-31-26(20-27)9-13-29(41-31)19-25-7-11-28(36)12-8-25/h7-8,10-12,14,20,22,29H,9,13,15-19,21H2,1-6H3. The minimum Gasteiger partial charge on any atom is -0.490 e. The molecule has 0 bridgehead atoms. The van der Waals surface area contributed by atoms with Gasteiger partial charge in [-0.3, -0.25) is 9.78 Å². The van der Waals surface area contributed by atoms with Crippen LogP contribution >= 0.6 is 0 Å². The normalized spacial score (nSPS) is 18.1. The number of carbonyl (C=O) groups excluding carboxylic acids is 1. The minimum atomic E-state index is -0.218. The molecule has 2 aliphatic heterocycles. The fourth-order valence-electron chi connectivity index (χ4n) is 6.19. The number of hydrogen-bond acceptors (Lipinski definition) is 5. The number of rotatable bonds is 7. The second-order valence-corrected chi connectivity index (χ2v) is 12.8. The summed E-state index contributed by atoms with van der Waals surface area (Å²) in [4.78, 5) is 20.3. The molecule has 3 heterocycles. The highest BCUT2D eigenvalue weighted by atomic mass is 19.1. The van der Waals surface area contributed by atoms with Gasteiger partial charge >= 0.3 is 5.97 Å². The Hall–Kier alpha value is -3.41. The van der Waals surface area contributed by atoms with E-state index in [0.717, 1.165) is 90.3 Å². The molecule has 1 aromatic heterocycles. The summed E-state index contributed by atoms with van der Waals surface area (Å²) < 4.78 is 25.3. The third-order valence-electron chi connectivity index (χ3n) is 8.53. The molecule has 0 radical (unpaired) electrons. The first-order chi connectivity index (χ1) is 19.5. The van der Waals surface area contributed by atoms with Crippen molar-refractivity contribution in [3.8, 4) is 16.9 Å².